The van der Waals surface area contributed by atoms with Crippen molar-refractivity contribution in [1.29, 1.82) is 0 Å². The molecule has 4 heteroatoms. The van der Waals surface area contributed by atoms with E-state index >= 15 is 0 Å². The Morgan fingerprint density at radius 3 is 2.65 bits per heavy atom. The summed E-state index contributed by atoms with van der Waals surface area (Å²) in [6.45, 7) is 0.598. The van der Waals surface area contributed by atoms with E-state index in [0.29, 0.717) is 13.0 Å². The molecule has 0 saturated carbocycles. The minimum absolute atomic E-state index is 0.577. The van der Waals surface area contributed by atoms with Gasteiger partial charge in [0.05, 0.1) is 0 Å². The molecule has 0 unspecified atom stereocenters. The lowest BCUT2D eigenvalue weighted by Crippen LogP contribution is -2.29. The van der Waals surface area contributed by atoms with Gasteiger partial charge in [0.2, 0.25) is 0 Å². The average Bonchev–Trinajstić information content (AvgIpc) is 2.46. The number of fused-ring (bicyclic) bond motifs is 1. The highest BCUT2D eigenvalue weighted by Gasteiger charge is 2.17. The van der Waals surface area contributed by atoms with Crippen molar-refractivity contribution in [2.24, 2.45) is 5.73 Å². The molecule has 1 atom stereocenters. The monoisotopic (exact) mass is 272 g/mol. The molecule has 4 nitrogen and oxygen atoms in total. The number of rotatable bonds is 7. The lowest BCUT2D eigenvalue weighted by molar-refractivity contribution is -0.138. The van der Waals surface area contributed by atoms with Crippen LogP contribution in [0.1, 0.15) is 19.3 Å². The van der Waals surface area contributed by atoms with E-state index < -0.39 is 12.0 Å². The molecule has 0 aromatic heterocycles. The molecule has 0 heterocycles. The van der Waals surface area contributed by atoms with Crippen molar-refractivity contribution in [3.63, 3.8) is 0 Å². The van der Waals surface area contributed by atoms with Gasteiger partial charge in [-0.3, -0.25) is 0 Å². The third kappa shape index (κ3) is 3.48. The summed E-state index contributed by atoms with van der Waals surface area (Å²) >= 11 is 0. The Labute approximate surface area is 118 Å². The van der Waals surface area contributed by atoms with Gasteiger partial charge in [0.1, 0.15) is 6.04 Å². The zero-order valence-electron chi connectivity index (χ0n) is 11.4. The molecule has 4 N–H and O–H groups in total. The zero-order chi connectivity index (χ0) is 14.4. The minimum Gasteiger partial charge on any atom is -0.480 e. The van der Waals surface area contributed by atoms with Crippen LogP contribution in [0.15, 0.2) is 42.5 Å². The number of hydrogen-bond donors (Lipinski definition) is 3. The Hall–Kier alpha value is -2.07. The largest absolute Gasteiger partial charge is 0.480 e. The summed E-state index contributed by atoms with van der Waals surface area (Å²) in [5.74, 6) is -0.824. The van der Waals surface area contributed by atoms with Crippen molar-refractivity contribution in [1.82, 2.24) is 0 Å². The second-order valence-corrected chi connectivity index (χ2v) is 4.85. The normalized spacial score (nSPS) is 12.2. The highest BCUT2D eigenvalue weighted by molar-refractivity contribution is 5.95. The van der Waals surface area contributed by atoms with E-state index in [0.717, 1.165) is 29.3 Å². The summed E-state index contributed by atoms with van der Waals surface area (Å²) in [5, 5.41) is 14.6. The molecule has 2 aromatic carbocycles. The number of carbonyl (C=O) groups is 1. The molecule has 106 valence electrons. The van der Waals surface area contributed by atoms with Crippen LogP contribution >= 0.6 is 0 Å². The third-order valence-electron chi connectivity index (χ3n) is 3.36. The van der Waals surface area contributed by atoms with Gasteiger partial charge in [-0.25, -0.2) is 4.79 Å². The Balaban J connectivity index is 2.18. The van der Waals surface area contributed by atoms with Crippen LogP contribution in [0.4, 0.5) is 5.69 Å². The summed E-state index contributed by atoms with van der Waals surface area (Å²) in [4.78, 5) is 11.3. The quantitative estimate of drug-likeness (QED) is 0.677. The molecule has 2 aromatic rings. The van der Waals surface area contributed by atoms with Crippen LogP contribution in [0.25, 0.3) is 10.8 Å². The second-order valence-electron chi connectivity index (χ2n) is 4.85. The number of hydrogen-bond acceptors (Lipinski definition) is 3. The standard InChI is InChI=1S/C16H20N2O2/c17-11-4-3-9-15(16(19)20)18-14-10-5-7-12-6-1-2-8-13(12)14/h1-2,5-8,10,15,18H,3-4,9,11,17H2,(H,19,20)/t15-/m0/s1. The van der Waals surface area contributed by atoms with Gasteiger partial charge in [0, 0.05) is 11.1 Å². The SMILES string of the molecule is NCCCC[C@H](Nc1cccc2ccccc12)C(=O)O. The number of unbranched alkanes of at least 4 members (excludes halogenated alkanes) is 1. The number of carboxylic acid groups (broad SMARTS) is 1. The first-order valence-electron chi connectivity index (χ1n) is 6.89. The molecule has 20 heavy (non-hydrogen) atoms. The molecule has 0 fully saturated rings. The van der Waals surface area contributed by atoms with Crippen LogP contribution in [-0.4, -0.2) is 23.7 Å². The Bertz CT molecular complexity index is 578. The molecular weight excluding hydrogens is 252 g/mol. The molecule has 0 amide bonds. The number of aliphatic carboxylic acids is 1. The molecule has 0 radical (unpaired) electrons. The smallest absolute Gasteiger partial charge is 0.326 e. The zero-order valence-corrected chi connectivity index (χ0v) is 11.4. The lowest BCUT2D eigenvalue weighted by atomic mass is 10.1. The first-order chi connectivity index (χ1) is 9.72. The number of benzene rings is 2. The molecule has 2 rings (SSSR count). The highest BCUT2D eigenvalue weighted by Crippen LogP contribution is 2.24. The minimum atomic E-state index is -0.824. The summed E-state index contributed by atoms with van der Waals surface area (Å²) in [5.41, 5.74) is 6.31. The molecule has 0 bridgehead atoms. The first-order valence-corrected chi connectivity index (χ1v) is 6.89. The van der Waals surface area contributed by atoms with Gasteiger partial charge in [-0.05, 0) is 37.3 Å². The van der Waals surface area contributed by atoms with E-state index in [-0.39, 0.29) is 0 Å². The van der Waals surface area contributed by atoms with Crippen LogP contribution in [0, 0.1) is 0 Å². The van der Waals surface area contributed by atoms with Gasteiger partial charge in [-0.15, -0.1) is 0 Å². The number of nitrogens with two attached hydrogens (primary N) is 1. The summed E-state index contributed by atoms with van der Waals surface area (Å²) < 4.78 is 0. The topological polar surface area (TPSA) is 75.3 Å². The predicted octanol–water partition coefficient (Wildman–Crippen LogP) is 2.83. The summed E-state index contributed by atoms with van der Waals surface area (Å²) in [6.07, 6.45) is 2.24. The van der Waals surface area contributed by atoms with E-state index in [1.807, 2.05) is 42.5 Å². The van der Waals surface area contributed by atoms with Crippen molar-refractivity contribution in [3.8, 4) is 0 Å². The van der Waals surface area contributed by atoms with Gasteiger partial charge in [-0.2, -0.15) is 0 Å². The van der Waals surface area contributed by atoms with Crippen LogP contribution < -0.4 is 11.1 Å². The van der Waals surface area contributed by atoms with Crippen molar-refractivity contribution in [2.75, 3.05) is 11.9 Å². The van der Waals surface area contributed by atoms with Gasteiger partial charge in [-0.1, -0.05) is 36.4 Å². The fourth-order valence-corrected chi connectivity index (χ4v) is 2.29. The van der Waals surface area contributed by atoms with Gasteiger partial charge in [0.25, 0.3) is 0 Å². The van der Waals surface area contributed by atoms with E-state index in [4.69, 9.17) is 5.73 Å². The van der Waals surface area contributed by atoms with Crippen LogP contribution in [0.2, 0.25) is 0 Å². The number of anilines is 1. The van der Waals surface area contributed by atoms with Gasteiger partial charge < -0.3 is 16.2 Å². The maximum absolute atomic E-state index is 11.3. The van der Waals surface area contributed by atoms with E-state index in [9.17, 15) is 9.90 Å². The van der Waals surface area contributed by atoms with E-state index in [1.54, 1.807) is 0 Å². The van der Waals surface area contributed by atoms with Gasteiger partial charge in [0.15, 0.2) is 0 Å². The number of nitrogens with one attached hydrogen (secondary N) is 1. The average molecular weight is 272 g/mol. The van der Waals surface area contributed by atoms with Crippen molar-refractivity contribution in [2.45, 2.75) is 25.3 Å². The Morgan fingerprint density at radius 2 is 1.90 bits per heavy atom. The van der Waals surface area contributed by atoms with E-state index in [1.165, 1.54) is 0 Å². The van der Waals surface area contributed by atoms with Crippen molar-refractivity contribution < 1.29 is 9.90 Å². The van der Waals surface area contributed by atoms with Gasteiger partial charge >= 0.3 is 5.97 Å². The molecule has 0 aliphatic carbocycles. The number of carboxylic acids is 1. The summed E-state index contributed by atoms with van der Waals surface area (Å²) in [7, 11) is 0. The maximum Gasteiger partial charge on any atom is 0.326 e. The molecule has 0 aliphatic rings. The Morgan fingerprint density at radius 1 is 1.15 bits per heavy atom. The van der Waals surface area contributed by atoms with Crippen LogP contribution in [0.5, 0.6) is 0 Å². The maximum atomic E-state index is 11.3. The second kappa shape index (κ2) is 6.91. The van der Waals surface area contributed by atoms with Crippen molar-refractivity contribution in [3.05, 3.63) is 42.5 Å². The molecule has 0 saturated heterocycles. The molecule has 0 spiro atoms. The lowest BCUT2D eigenvalue weighted by Gasteiger charge is -2.17. The van der Waals surface area contributed by atoms with Crippen LogP contribution in [-0.2, 0) is 4.79 Å². The van der Waals surface area contributed by atoms with E-state index in [2.05, 4.69) is 5.32 Å². The van der Waals surface area contributed by atoms with Crippen molar-refractivity contribution >= 4 is 22.4 Å². The molecular formula is C16H20N2O2. The molecule has 0 aliphatic heterocycles. The predicted molar refractivity (Wildman–Crippen MR) is 81.9 cm³/mol. The fraction of sp³-hybridized carbons (Fsp3) is 0.312. The highest BCUT2D eigenvalue weighted by atomic mass is 16.4. The first kappa shape index (κ1) is 14.3. The Kier molecular flexibility index (Phi) is 4.96. The third-order valence-corrected chi connectivity index (χ3v) is 3.36. The summed E-state index contributed by atoms with van der Waals surface area (Å²) in [6, 6.07) is 13.2. The van der Waals surface area contributed by atoms with Crippen LogP contribution in [0.3, 0.4) is 0 Å². The fourth-order valence-electron chi connectivity index (χ4n) is 2.29.